The first kappa shape index (κ1) is 14.0. The number of nitrogens with zero attached hydrogens (tertiary/aromatic N) is 3. The number of hydrogen-bond acceptors (Lipinski definition) is 6. The first-order valence-corrected chi connectivity index (χ1v) is 7.45. The minimum atomic E-state index is -0.200. The zero-order chi connectivity index (χ0) is 14.2. The van der Waals surface area contributed by atoms with Gasteiger partial charge in [-0.3, -0.25) is 4.90 Å². The topological polar surface area (TPSA) is 71.6 Å². The molecule has 2 atom stereocenters. The summed E-state index contributed by atoms with van der Waals surface area (Å²) in [5, 5.41) is 14.1. The highest BCUT2D eigenvalue weighted by Gasteiger charge is 2.55. The number of aliphatic hydroxyl groups excluding tert-OH is 1. The van der Waals surface area contributed by atoms with Crippen LogP contribution in [0.5, 0.6) is 0 Å². The van der Waals surface area contributed by atoms with Gasteiger partial charge in [-0.15, -0.1) is 0 Å². The maximum absolute atomic E-state index is 10.2. The lowest BCUT2D eigenvalue weighted by Gasteiger charge is -2.56. The van der Waals surface area contributed by atoms with E-state index in [0.29, 0.717) is 5.89 Å². The van der Waals surface area contributed by atoms with Crippen LogP contribution in [0.25, 0.3) is 0 Å². The van der Waals surface area contributed by atoms with Gasteiger partial charge in [0.15, 0.2) is 5.82 Å². The molecule has 1 aliphatic heterocycles. The molecule has 1 saturated carbocycles. The monoisotopic (exact) mass is 281 g/mol. The third-order valence-corrected chi connectivity index (χ3v) is 4.83. The molecule has 112 valence electrons. The lowest BCUT2D eigenvalue weighted by molar-refractivity contribution is -0.210. The summed E-state index contributed by atoms with van der Waals surface area (Å²) < 4.78 is 10.8. The standard InChI is InChI=1S/C14H23N3O3/c1-3-19-12-8-11(18)14(12)4-6-17(7-5-14)9-13-15-10(2)20-16-13/h11-12,18H,3-9H2,1-2H3. The zero-order valence-corrected chi connectivity index (χ0v) is 12.2. The van der Waals surface area contributed by atoms with Gasteiger partial charge in [-0.2, -0.15) is 4.98 Å². The number of aliphatic hydroxyl groups is 1. The van der Waals surface area contributed by atoms with E-state index in [-0.39, 0.29) is 17.6 Å². The second-order valence-electron chi connectivity index (χ2n) is 5.93. The summed E-state index contributed by atoms with van der Waals surface area (Å²) >= 11 is 0. The molecule has 20 heavy (non-hydrogen) atoms. The Labute approximate surface area is 119 Å². The van der Waals surface area contributed by atoms with Crippen LogP contribution in [0, 0.1) is 12.3 Å². The number of ether oxygens (including phenoxy) is 1. The molecule has 0 radical (unpaired) electrons. The molecule has 2 heterocycles. The number of piperidine rings is 1. The second-order valence-corrected chi connectivity index (χ2v) is 5.93. The first-order valence-electron chi connectivity index (χ1n) is 7.45. The van der Waals surface area contributed by atoms with E-state index >= 15 is 0 Å². The smallest absolute Gasteiger partial charge is 0.223 e. The van der Waals surface area contributed by atoms with Crippen molar-refractivity contribution in [1.29, 1.82) is 0 Å². The van der Waals surface area contributed by atoms with Crippen molar-refractivity contribution in [2.45, 2.75) is 51.9 Å². The number of likely N-dealkylation sites (tertiary alicyclic amines) is 1. The van der Waals surface area contributed by atoms with Gasteiger partial charge < -0.3 is 14.4 Å². The number of rotatable bonds is 4. The van der Waals surface area contributed by atoms with E-state index < -0.39 is 0 Å². The summed E-state index contributed by atoms with van der Waals surface area (Å²) in [5.74, 6) is 1.35. The van der Waals surface area contributed by atoms with Crippen LogP contribution in [0.3, 0.4) is 0 Å². The Morgan fingerprint density at radius 3 is 2.75 bits per heavy atom. The van der Waals surface area contributed by atoms with E-state index in [2.05, 4.69) is 15.0 Å². The first-order chi connectivity index (χ1) is 9.64. The van der Waals surface area contributed by atoms with Gasteiger partial charge >= 0.3 is 0 Å². The van der Waals surface area contributed by atoms with Crippen LogP contribution in [0.1, 0.15) is 37.9 Å². The van der Waals surface area contributed by atoms with Gasteiger partial charge in [0.05, 0.1) is 18.8 Å². The molecule has 0 bridgehead atoms. The van der Waals surface area contributed by atoms with Crippen molar-refractivity contribution in [3.05, 3.63) is 11.7 Å². The van der Waals surface area contributed by atoms with E-state index in [0.717, 1.165) is 51.3 Å². The molecule has 1 saturated heterocycles. The summed E-state index contributed by atoms with van der Waals surface area (Å²) in [6, 6.07) is 0. The van der Waals surface area contributed by atoms with Crippen LogP contribution < -0.4 is 0 Å². The van der Waals surface area contributed by atoms with Gasteiger partial charge in [0.2, 0.25) is 5.89 Å². The van der Waals surface area contributed by atoms with E-state index in [1.54, 1.807) is 6.92 Å². The Kier molecular flexibility index (Phi) is 3.79. The Morgan fingerprint density at radius 1 is 1.45 bits per heavy atom. The molecule has 1 aromatic heterocycles. The van der Waals surface area contributed by atoms with E-state index in [1.807, 2.05) is 6.92 Å². The van der Waals surface area contributed by atoms with Crippen molar-refractivity contribution in [2.24, 2.45) is 5.41 Å². The third kappa shape index (κ3) is 2.36. The van der Waals surface area contributed by atoms with Crippen LogP contribution in [0.2, 0.25) is 0 Å². The molecule has 6 nitrogen and oxygen atoms in total. The van der Waals surface area contributed by atoms with Crippen LogP contribution >= 0.6 is 0 Å². The summed E-state index contributed by atoms with van der Waals surface area (Å²) in [6.07, 6.45) is 2.79. The Bertz CT molecular complexity index is 452. The number of aryl methyl sites for hydroxylation is 1. The van der Waals surface area contributed by atoms with Crippen LogP contribution in [0.4, 0.5) is 0 Å². The van der Waals surface area contributed by atoms with Crippen molar-refractivity contribution in [1.82, 2.24) is 15.0 Å². The highest BCUT2D eigenvalue weighted by Crippen LogP contribution is 2.50. The fourth-order valence-electron chi connectivity index (χ4n) is 3.55. The maximum atomic E-state index is 10.2. The molecule has 0 aromatic carbocycles. The molecule has 2 aliphatic rings. The van der Waals surface area contributed by atoms with Crippen molar-refractivity contribution in [2.75, 3.05) is 19.7 Å². The predicted octanol–water partition coefficient (Wildman–Crippen LogP) is 1.13. The highest BCUT2D eigenvalue weighted by atomic mass is 16.5. The molecular weight excluding hydrogens is 258 g/mol. The molecule has 1 aromatic rings. The van der Waals surface area contributed by atoms with Crippen LogP contribution in [-0.4, -0.2) is 52.1 Å². The van der Waals surface area contributed by atoms with E-state index in [1.165, 1.54) is 0 Å². The minimum absolute atomic E-state index is 0.0142. The second kappa shape index (κ2) is 5.42. The lowest BCUT2D eigenvalue weighted by Crippen LogP contribution is -2.62. The summed E-state index contributed by atoms with van der Waals surface area (Å²) in [6.45, 7) is 7.18. The van der Waals surface area contributed by atoms with Crippen molar-refractivity contribution < 1.29 is 14.4 Å². The average molecular weight is 281 g/mol. The third-order valence-electron chi connectivity index (χ3n) is 4.83. The van der Waals surface area contributed by atoms with Gasteiger partial charge in [-0.1, -0.05) is 5.16 Å². The molecule has 2 fully saturated rings. The van der Waals surface area contributed by atoms with Gasteiger partial charge in [-0.25, -0.2) is 0 Å². The van der Waals surface area contributed by atoms with Crippen LogP contribution in [0.15, 0.2) is 4.52 Å². The van der Waals surface area contributed by atoms with Gasteiger partial charge in [0, 0.05) is 25.4 Å². The maximum Gasteiger partial charge on any atom is 0.223 e. The molecule has 1 N–H and O–H groups in total. The Balaban J connectivity index is 1.56. The molecule has 1 spiro atoms. The van der Waals surface area contributed by atoms with Crippen molar-refractivity contribution in [3.63, 3.8) is 0 Å². The lowest BCUT2D eigenvalue weighted by atomic mass is 9.58. The number of hydrogen-bond donors (Lipinski definition) is 1. The summed E-state index contributed by atoms with van der Waals surface area (Å²) in [7, 11) is 0. The zero-order valence-electron chi connectivity index (χ0n) is 12.2. The van der Waals surface area contributed by atoms with Crippen LogP contribution in [-0.2, 0) is 11.3 Å². The fraction of sp³-hybridized carbons (Fsp3) is 0.857. The highest BCUT2D eigenvalue weighted by molar-refractivity contribution is 5.06. The molecule has 0 amide bonds. The molecule has 6 heteroatoms. The summed E-state index contributed by atoms with van der Waals surface area (Å²) in [5.41, 5.74) is -0.0142. The Hall–Kier alpha value is -0.980. The fourth-order valence-corrected chi connectivity index (χ4v) is 3.55. The molecular formula is C14H23N3O3. The van der Waals surface area contributed by atoms with Crippen molar-refractivity contribution in [3.8, 4) is 0 Å². The largest absolute Gasteiger partial charge is 0.392 e. The SMILES string of the molecule is CCOC1CC(O)C12CCN(Cc1noc(C)n1)CC2. The van der Waals surface area contributed by atoms with E-state index in [9.17, 15) is 5.11 Å². The van der Waals surface area contributed by atoms with E-state index in [4.69, 9.17) is 9.26 Å². The molecule has 3 rings (SSSR count). The van der Waals surface area contributed by atoms with Crippen molar-refractivity contribution >= 4 is 0 Å². The predicted molar refractivity (Wildman–Crippen MR) is 72.0 cm³/mol. The normalized spacial score (nSPS) is 29.6. The molecule has 1 aliphatic carbocycles. The van der Waals surface area contributed by atoms with Gasteiger partial charge in [-0.05, 0) is 32.9 Å². The summed E-state index contributed by atoms with van der Waals surface area (Å²) in [4.78, 5) is 6.56. The molecule has 2 unspecified atom stereocenters. The number of aromatic nitrogens is 2. The average Bonchev–Trinajstić information content (AvgIpc) is 2.85. The minimum Gasteiger partial charge on any atom is -0.392 e. The van der Waals surface area contributed by atoms with Gasteiger partial charge in [0.25, 0.3) is 0 Å². The Morgan fingerprint density at radius 2 is 2.20 bits per heavy atom. The van der Waals surface area contributed by atoms with Gasteiger partial charge in [0.1, 0.15) is 0 Å². The quantitative estimate of drug-likeness (QED) is 0.892.